The number of likely N-dealkylation sites (tertiary alicyclic amines) is 1. The molecular formula is C31H38N4O4. The first-order valence-corrected chi connectivity index (χ1v) is 13.9. The SMILES string of the molecule is CCCCCCCOc1ccc(-c2cnc(-c3ccc(CC(N)C(=O)N4CCC(C(=O)O)C4)cc3)nc2)cc1. The fourth-order valence-corrected chi connectivity index (χ4v) is 4.79. The number of carboxylic acid groups (broad SMARTS) is 1. The number of ether oxygens (including phenoxy) is 1. The molecule has 2 unspecified atom stereocenters. The third-order valence-electron chi connectivity index (χ3n) is 7.19. The number of hydrogen-bond donors (Lipinski definition) is 2. The van der Waals surface area contributed by atoms with Crippen LogP contribution in [0, 0.1) is 5.92 Å². The minimum atomic E-state index is -0.865. The van der Waals surface area contributed by atoms with Gasteiger partial charge in [0.2, 0.25) is 5.91 Å². The van der Waals surface area contributed by atoms with Crippen LogP contribution in [0.4, 0.5) is 0 Å². The van der Waals surface area contributed by atoms with E-state index in [1.807, 2.05) is 60.9 Å². The third-order valence-corrected chi connectivity index (χ3v) is 7.19. The van der Waals surface area contributed by atoms with E-state index in [0.717, 1.165) is 41.0 Å². The van der Waals surface area contributed by atoms with Gasteiger partial charge in [-0.25, -0.2) is 9.97 Å². The van der Waals surface area contributed by atoms with E-state index in [2.05, 4.69) is 16.9 Å². The Kier molecular flexibility index (Phi) is 10.0. The number of hydrogen-bond acceptors (Lipinski definition) is 6. The monoisotopic (exact) mass is 530 g/mol. The van der Waals surface area contributed by atoms with Gasteiger partial charge in [-0.15, -0.1) is 0 Å². The Hall–Kier alpha value is -3.78. The van der Waals surface area contributed by atoms with Crippen LogP contribution in [0.2, 0.25) is 0 Å². The molecular weight excluding hydrogens is 492 g/mol. The number of nitrogens with zero attached hydrogens (tertiary/aromatic N) is 3. The summed E-state index contributed by atoms with van der Waals surface area (Å²) in [5, 5.41) is 9.16. The predicted octanol–water partition coefficient (Wildman–Crippen LogP) is 4.96. The van der Waals surface area contributed by atoms with Crippen molar-refractivity contribution in [2.45, 2.75) is 57.9 Å². The minimum Gasteiger partial charge on any atom is -0.494 e. The van der Waals surface area contributed by atoms with Gasteiger partial charge in [0.05, 0.1) is 18.6 Å². The van der Waals surface area contributed by atoms with E-state index in [0.29, 0.717) is 25.2 Å². The number of rotatable bonds is 13. The van der Waals surface area contributed by atoms with Gasteiger partial charge in [0.25, 0.3) is 0 Å². The van der Waals surface area contributed by atoms with Gasteiger partial charge in [0.15, 0.2) is 5.82 Å². The van der Waals surface area contributed by atoms with E-state index in [1.54, 1.807) is 4.90 Å². The first kappa shape index (κ1) is 28.2. The van der Waals surface area contributed by atoms with Crippen molar-refractivity contribution in [3.8, 4) is 28.3 Å². The number of carbonyl (C=O) groups is 2. The van der Waals surface area contributed by atoms with Crippen LogP contribution in [0.5, 0.6) is 5.75 Å². The number of nitrogens with two attached hydrogens (primary N) is 1. The fraction of sp³-hybridized carbons (Fsp3) is 0.419. The van der Waals surface area contributed by atoms with E-state index < -0.39 is 17.9 Å². The molecule has 1 fully saturated rings. The molecule has 4 rings (SSSR count). The maximum absolute atomic E-state index is 12.6. The Labute approximate surface area is 230 Å². The lowest BCUT2D eigenvalue weighted by atomic mass is 10.0. The molecule has 39 heavy (non-hydrogen) atoms. The van der Waals surface area contributed by atoms with Gasteiger partial charge in [0, 0.05) is 36.6 Å². The Morgan fingerprint density at radius 2 is 1.64 bits per heavy atom. The number of aliphatic carboxylic acids is 1. The maximum atomic E-state index is 12.6. The topological polar surface area (TPSA) is 119 Å². The smallest absolute Gasteiger partial charge is 0.308 e. The second-order valence-corrected chi connectivity index (χ2v) is 10.2. The summed E-state index contributed by atoms with van der Waals surface area (Å²) >= 11 is 0. The number of unbranched alkanes of at least 4 members (excludes halogenated alkanes) is 4. The number of amides is 1. The molecule has 0 radical (unpaired) electrons. The van der Waals surface area contributed by atoms with Crippen molar-refractivity contribution in [1.82, 2.24) is 14.9 Å². The first-order valence-electron chi connectivity index (χ1n) is 13.9. The van der Waals surface area contributed by atoms with Gasteiger partial charge in [-0.3, -0.25) is 9.59 Å². The highest BCUT2D eigenvalue weighted by molar-refractivity contribution is 5.83. The number of carbonyl (C=O) groups excluding carboxylic acids is 1. The molecule has 3 aromatic rings. The van der Waals surface area contributed by atoms with Crippen LogP contribution >= 0.6 is 0 Å². The van der Waals surface area contributed by atoms with Crippen LogP contribution in [0.15, 0.2) is 60.9 Å². The van der Waals surface area contributed by atoms with Crippen molar-refractivity contribution in [3.05, 3.63) is 66.5 Å². The normalized spacial score (nSPS) is 15.7. The second kappa shape index (κ2) is 13.8. The molecule has 0 spiro atoms. The van der Waals surface area contributed by atoms with Crippen molar-refractivity contribution in [2.24, 2.45) is 11.7 Å². The van der Waals surface area contributed by atoms with Crippen LogP contribution in [0.25, 0.3) is 22.5 Å². The average molecular weight is 531 g/mol. The molecule has 1 aliphatic heterocycles. The summed E-state index contributed by atoms with van der Waals surface area (Å²) in [7, 11) is 0. The van der Waals surface area contributed by atoms with Crippen LogP contribution < -0.4 is 10.5 Å². The zero-order valence-corrected chi connectivity index (χ0v) is 22.6. The number of aromatic nitrogens is 2. The van der Waals surface area contributed by atoms with Crippen LogP contribution in [-0.2, 0) is 16.0 Å². The molecule has 2 atom stereocenters. The van der Waals surface area contributed by atoms with Crippen LogP contribution in [0.3, 0.4) is 0 Å². The largest absolute Gasteiger partial charge is 0.494 e. The molecule has 0 saturated carbocycles. The van der Waals surface area contributed by atoms with E-state index in [1.165, 1.54) is 25.7 Å². The first-order chi connectivity index (χ1) is 18.9. The molecule has 0 bridgehead atoms. The van der Waals surface area contributed by atoms with Crippen molar-refractivity contribution >= 4 is 11.9 Å². The van der Waals surface area contributed by atoms with Crippen molar-refractivity contribution in [2.75, 3.05) is 19.7 Å². The van der Waals surface area contributed by atoms with Crippen LogP contribution in [-0.4, -0.2) is 57.6 Å². The summed E-state index contributed by atoms with van der Waals surface area (Å²) in [4.78, 5) is 34.5. The summed E-state index contributed by atoms with van der Waals surface area (Å²) in [5.41, 5.74) is 9.91. The summed E-state index contributed by atoms with van der Waals surface area (Å²) in [5.74, 6) is -0.0847. The minimum absolute atomic E-state index is 0.205. The van der Waals surface area contributed by atoms with Crippen molar-refractivity contribution in [3.63, 3.8) is 0 Å². The molecule has 2 heterocycles. The summed E-state index contributed by atoms with van der Waals surface area (Å²) < 4.78 is 5.86. The van der Waals surface area contributed by atoms with E-state index in [-0.39, 0.29) is 12.5 Å². The van der Waals surface area contributed by atoms with Crippen LogP contribution in [0.1, 0.15) is 51.0 Å². The maximum Gasteiger partial charge on any atom is 0.308 e. The molecule has 8 heteroatoms. The molecule has 206 valence electrons. The van der Waals surface area contributed by atoms with Gasteiger partial charge in [-0.2, -0.15) is 0 Å². The van der Waals surface area contributed by atoms with Gasteiger partial charge in [-0.05, 0) is 42.5 Å². The molecule has 8 nitrogen and oxygen atoms in total. The molecule has 1 aromatic heterocycles. The van der Waals surface area contributed by atoms with E-state index in [4.69, 9.17) is 15.6 Å². The molecule has 1 amide bonds. The standard InChI is InChI=1S/C31H38N4O4/c1-2-3-4-5-6-17-39-27-13-11-23(12-14-27)26-19-33-29(34-20-26)24-9-7-22(8-10-24)18-28(32)30(36)35-16-15-25(21-35)31(37)38/h7-14,19-20,25,28H,2-6,15-18,21,32H2,1H3,(H,37,38). The summed E-state index contributed by atoms with van der Waals surface area (Å²) in [6.45, 7) is 3.63. The van der Waals surface area contributed by atoms with Crippen molar-refractivity contribution in [1.29, 1.82) is 0 Å². The van der Waals surface area contributed by atoms with Gasteiger partial charge >= 0.3 is 5.97 Å². The highest BCUT2D eigenvalue weighted by atomic mass is 16.5. The zero-order valence-electron chi connectivity index (χ0n) is 22.6. The van der Waals surface area contributed by atoms with Gasteiger partial charge < -0.3 is 20.5 Å². The molecule has 2 aromatic carbocycles. The number of benzene rings is 2. The summed E-state index contributed by atoms with van der Waals surface area (Å²) in [6.07, 6.45) is 10.6. The zero-order chi connectivity index (χ0) is 27.6. The Morgan fingerprint density at radius 1 is 0.974 bits per heavy atom. The third kappa shape index (κ3) is 7.86. The number of carboxylic acids is 1. The lowest BCUT2D eigenvalue weighted by molar-refractivity contribution is -0.141. The Balaban J connectivity index is 1.28. The lowest BCUT2D eigenvalue weighted by Gasteiger charge is -2.20. The predicted molar refractivity (Wildman–Crippen MR) is 151 cm³/mol. The lowest BCUT2D eigenvalue weighted by Crippen LogP contribution is -2.44. The highest BCUT2D eigenvalue weighted by Crippen LogP contribution is 2.24. The van der Waals surface area contributed by atoms with Crippen molar-refractivity contribution < 1.29 is 19.4 Å². The quantitative estimate of drug-likeness (QED) is 0.300. The molecule has 0 aliphatic carbocycles. The Bertz CT molecular complexity index is 1210. The highest BCUT2D eigenvalue weighted by Gasteiger charge is 2.32. The average Bonchev–Trinajstić information content (AvgIpc) is 3.46. The van der Waals surface area contributed by atoms with E-state index in [9.17, 15) is 9.59 Å². The fourth-order valence-electron chi connectivity index (χ4n) is 4.79. The van der Waals surface area contributed by atoms with Gasteiger partial charge in [-0.1, -0.05) is 69.0 Å². The van der Waals surface area contributed by atoms with E-state index >= 15 is 0 Å². The molecule has 1 aliphatic rings. The van der Waals surface area contributed by atoms with Gasteiger partial charge in [0.1, 0.15) is 5.75 Å². The Morgan fingerprint density at radius 3 is 2.28 bits per heavy atom. The summed E-state index contributed by atoms with van der Waals surface area (Å²) in [6, 6.07) is 15.0. The molecule has 1 saturated heterocycles. The second-order valence-electron chi connectivity index (χ2n) is 10.2. The molecule has 3 N–H and O–H groups in total.